The largest absolute Gasteiger partial charge is 0.479 e. The smallest absolute Gasteiger partial charge is 0.331 e. The first-order valence-electron chi connectivity index (χ1n) is 9.27. The Hall–Kier alpha value is -2.73. The molecule has 1 atom stereocenters. The lowest BCUT2D eigenvalue weighted by Gasteiger charge is -2.27. The summed E-state index contributed by atoms with van der Waals surface area (Å²) in [4.78, 5) is 32.2. The summed E-state index contributed by atoms with van der Waals surface area (Å²) in [6, 6.07) is 9.72. The molecule has 1 N–H and O–H groups in total. The van der Waals surface area contributed by atoms with E-state index in [2.05, 4.69) is 9.88 Å². The fourth-order valence-electron chi connectivity index (χ4n) is 3.52. The Bertz CT molecular complexity index is 771. The second-order valence-corrected chi connectivity index (χ2v) is 6.98. The molecular formula is C21H25N3O3. The van der Waals surface area contributed by atoms with Crippen LogP contribution in [0.1, 0.15) is 46.8 Å². The maximum Gasteiger partial charge on any atom is 0.331 e. The van der Waals surface area contributed by atoms with E-state index in [9.17, 15) is 14.7 Å². The van der Waals surface area contributed by atoms with Crippen molar-refractivity contribution in [2.45, 2.75) is 31.8 Å². The normalized spacial score (nSPS) is 15.9. The number of rotatable bonds is 6. The SMILES string of the molecule is CN(C(=O)c1ccc(CN2CCCCC2)cc1)[C@H](C(=O)O)c1cccnc1. The maximum atomic E-state index is 12.8. The molecule has 0 radical (unpaired) electrons. The summed E-state index contributed by atoms with van der Waals surface area (Å²) >= 11 is 0. The predicted molar refractivity (Wildman–Crippen MR) is 102 cm³/mol. The molecule has 6 heteroatoms. The van der Waals surface area contributed by atoms with Crippen LogP contribution < -0.4 is 0 Å². The number of carboxylic acids is 1. The molecule has 2 aromatic rings. The highest BCUT2D eigenvalue weighted by molar-refractivity contribution is 5.96. The second kappa shape index (κ2) is 8.77. The van der Waals surface area contributed by atoms with E-state index in [1.807, 2.05) is 12.1 Å². The summed E-state index contributed by atoms with van der Waals surface area (Å²) in [5.41, 5.74) is 2.12. The maximum absolute atomic E-state index is 12.8. The van der Waals surface area contributed by atoms with Crippen LogP contribution in [-0.4, -0.2) is 51.9 Å². The van der Waals surface area contributed by atoms with Gasteiger partial charge < -0.3 is 10.0 Å². The lowest BCUT2D eigenvalue weighted by atomic mass is 10.1. The molecule has 1 aliphatic rings. The molecule has 1 aliphatic heterocycles. The van der Waals surface area contributed by atoms with Gasteiger partial charge in [-0.15, -0.1) is 0 Å². The van der Waals surface area contributed by atoms with Crippen molar-refractivity contribution in [3.8, 4) is 0 Å². The van der Waals surface area contributed by atoms with Crippen molar-refractivity contribution in [1.82, 2.24) is 14.8 Å². The third kappa shape index (κ3) is 4.71. The number of aromatic nitrogens is 1. The van der Waals surface area contributed by atoms with Crippen LogP contribution in [0.3, 0.4) is 0 Å². The number of pyridine rings is 1. The molecule has 6 nitrogen and oxygen atoms in total. The Balaban J connectivity index is 1.71. The summed E-state index contributed by atoms with van der Waals surface area (Å²) in [6.45, 7) is 3.13. The molecule has 1 fully saturated rings. The number of likely N-dealkylation sites (N-methyl/N-ethyl adjacent to an activating group) is 1. The van der Waals surface area contributed by atoms with Crippen LogP contribution in [0.25, 0.3) is 0 Å². The Kier molecular flexibility index (Phi) is 6.19. The number of nitrogens with zero attached hydrogens (tertiary/aromatic N) is 3. The Labute approximate surface area is 159 Å². The topological polar surface area (TPSA) is 73.7 Å². The molecule has 1 saturated heterocycles. The van der Waals surface area contributed by atoms with Gasteiger partial charge in [0.2, 0.25) is 0 Å². The zero-order valence-electron chi connectivity index (χ0n) is 15.5. The number of carbonyl (C=O) groups is 2. The fraction of sp³-hybridized carbons (Fsp3) is 0.381. The molecule has 1 amide bonds. The van der Waals surface area contributed by atoms with Crippen LogP contribution >= 0.6 is 0 Å². The second-order valence-electron chi connectivity index (χ2n) is 6.98. The van der Waals surface area contributed by atoms with E-state index in [1.54, 1.807) is 30.5 Å². The van der Waals surface area contributed by atoms with Crippen LogP contribution in [0.2, 0.25) is 0 Å². The van der Waals surface area contributed by atoms with E-state index in [1.165, 1.54) is 37.4 Å². The summed E-state index contributed by atoms with van der Waals surface area (Å²) in [5.74, 6) is -1.41. The predicted octanol–water partition coefficient (Wildman–Crippen LogP) is 2.97. The van der Waals surface area contributed by atoms with Crippen molar-refractivity contribution in [1.29, 1.82) is 0 Å². The van der Waals surface area contributed by atoms with E-state index < -0.39 is 12.0 Å². The molecule has 0 saturated carbocycles. The summed E-state index contributed by atoms with van der Waals surface area (Å²) < 4.78 is 0. The van der Waals surface area contributed by atoms with Crippen LogP contribution in [0.4, 0.5) is 0 Å². The Morgan fingerprint density at radius 3 is 2.44 bits per heavy atom. The highest BCUT2D eigenvalue weighted by atomic mass is 16.4. The Morgan fingerprint density at radius 1 is 1.15 bits per heavy atom. The van der Waals surface area contributed by atoms with Crippen LogP contribution in [-0.2, 0) is 11.3 Å². The van der Waals surface area contributed by atoms with Crippen LogP contribution in [0.5, 0.6) is 0 Å². The first-order valence-corrected chi connectivity index (χ1v) is 9.27. The zero-order valence-corrected chi connectivity index (χ0v) is 15.5. The van der Waals surface area contributed by atoms with E-state index in [0.717, 1.165) is 25.2 Å². The lowest BCUT2D eigenvalue weighted by Crippen LogP contribution is -2.36. The van der Waals surface area contributed by atoms with Gasteiger partial charge in [-0.1, -0.05) is 24.6 Å². The molecule has 1 aromatic heterocycles. The number of amides is 1. The van der Waals surface area contributed by atoms with E-state index in [4.69, 9.17) is 0 Å². The number of likely N-dealkylation sites (tertiary alicyclic amines) is 1. The summed E-state index contributed by atoms with van der Waals surface area (Å²) in [5, 5.41) is 9.59. The molecular weight excluding hydrogens is 342 g/mol. The van der Waals surface area contributed by atoms with E-state index >= 15 is 0 Å². The van der Waals surface area contributed by atoms with Gasteiger partial charge >= 0.3 is 5.97 Å². The first kappa shape index (κ1) is 19.0. The van der Waals surface area contributed by atoms with Crippen molar-refractivity contribution < 1.29 is 14.7 Å². The van der Waals surface area contributed by atoms with Gasteiger partial charge in [0, 0.05) is 37.1 Å². The highest BCUT2D eigenvalue weighted by Gasteiger charge is 2.29. The molecule has 3 rings (SSSR count). The van der Waals surface area contributed by atoms with Gasteiger partial charge in [-0.05, 0) is 49.7 Å². The van der Waals surface area contributed by atoms with Gasteiger partial charge in [0.15, 0.2) is 6.04 Å². The zero-order chi connectivity index (χ0) is 19.2. The minimum atomic E-state index is -1.08. The van der Waals surface area contributed by atoms with Crippen molar-refractivity contribution in [2.24, 2.45) is 0 Å². The van der Waals surface area contributed by atoms with Crippen molar-refractivity contribution in [3.05, 3.63) is 65.5 Å². The number of aliphatic carboxylic acids is 1. The number of hydrogen-bond acceptors (Lipinski definition) is 4. The Morgan fingerprint density at radius 2 is 1.85 bits per heavy atom. The van der Waals surface area contributed by atoms with Crippen LogP contribution in [0, 0.1) is 0 Å². The van der Waals surface area contributed by atoms with E-state index in [-0.39, 0.29) is 5.91 Å². The molecule has 0 aliphatic carbocycles. The van der Waals surface area contributed by atoms with Crippen molar-refractivity contribution in [3.63, 3.8) is 0 Å². The van der Waals surface area contributed by atoms with Crippen molar-refractivity contribution >= 4 is 11.9 Å². The summed E-state index contributed by atoms with van der Waals surface area (Å²) in [6.07, 6.45) is 6.84. The third-order valence-corrected chi connectivity index (χ3v) is 5.00. The molecule has 142 valence electrons. The van der Waals surface area contributed by atoms with Gasteiger partial charge in [0.05, 0.1) is 0 Å². The molecule has 2 heterocycles. The highest BCUT2D eigenvalue weighted by Crippen LogP contribution is 2.21. The third-order valence-electron chi connectivity index (χ3n) is 5.00. The van der Waals surface area contributed by atoms with Gasteiger partial charge in [0.1, 0.15) is 0 Å². The standard InChI is InChI=1S/C21H25N3O3/c1-23(19(21(26)27)18-6-5-11-22-14-18)20(25)17-9-7-16(8-10-17)15-24-12-3-2-4-13-24/h5-11,14,19H,2-4,12-13,15H2,1H3,(H,26,27)/t19-/m0/s1. The lowest BCUT2D eigenvalue weighted by molar-refractivity contribution is -0.142. The number of carbonyl (C=O) groups excluding carboxylic acids is 1. The molecule has 0 unspecified atom stereocenters. The molecule has 0 spiro atoms. The fourth-order valence-corrected chi connectivity index (χ4v) is 3.52. The monoisotopic (exact) mass is 367 g/mol. The number of piperidine rings is 1. The summed E-state index contributed by atoms with van der Waals surface area (Å²) in [7, 11) is 1.51. The van der Waals surface area contributed by atoms with Gasteiger partial charge in [-0.25, -0.2) is 4.79 Å². The molecule has 1 aromatic carbocycles. The average molecular weight is 367 g/mol. The van der Waals surface area contributed by atoms with Gasteiger partial charge in [-0.2, -0.15) is 0 Å². The molecule has 0 bridgehead atoms. The molecule has 27 heavy (non-hydrogen) atoms. The number of carboxylic acid groups (broad SMARTS) is 1. The number of benzene rings is 1. The number of hydrogen-bond donors (Lipinski definition) is 1. The van der Waals surface area contributed by atoms with E-state index in [0.29, 0.717) is 11.1 Å². The quantitative estimate of drug-likeness (QED) is 0.850. The van der Waals surface area contributed by atoms with Gasteiger partial charge in [0.25, 0.3) is 5.91 Å². The average Bonchev–Trinajstić information content (AvgIpc) is 2.69. The first-order chi connectivity index (χ1) is 13.1. The van der Waals surface area contributed by atoms with Gasteiger partial charge in [-0.3, -0.25) is 14.7 Å². The minimum absolute atomic E-state index is 0.323. The van der Waals surface area contributed by atoms with Crippen molar-refractivity contribution in [2.75, 3.05) is 20.1 Å². The minimum Gasteiger partial charge on any atom is -0.479 e. The van der Waals surface area contributed by atoms with Crippen LogP contribution in [0.15, 0.2) is 48.8 Å².